The molecular weight excluding hydrogens is 382 g/mol. The third-order valence-corrected chi connectivity index (χ3v) is 4.87. The number of imidazole rings is 1. The highest BCUT2D eigenvalue weighted by molar-refractivity contribution is 7.80. The summed E-state index contributed by atoms with van der Waals surface area (Å²) in [6.07, 6.45) is 0. The molecular formula is C18H22N5O4S+. The maximum absolute atomic E-state index is 10.6. The van der Waals surface area contributed by atoms with E-state index >= 15 is 0 Å². The zero-order valence-corrected chi connectivity index (χ0v) is 16.7. The number of nitrogens with zero attached hydrogens (tertiary/aromatic N) is 5. The van der Waals surface area contributed by atoms with Crippen LogP contribution in [0.25, 0.3) is 11.0 Å². The Morgan fingerprint density at radius 1 is 1.14 bits per heavy atom. The van der Waals surface area contributed by atoms with Crippen molar-refractivity contribution in [1.82, 2.24) is 4.57 Å². The normalized spacial score (nSPS) is 12.1. The van der Waals surface area contributed by atoms with Gasteiger partial charge in [0, 0.05) is 24.4 Å². The Hall–Kier alpha value is -2.82. The lowest BCUT2D eigenvalue weighted by atomic mass is 10.2. The van der Waals surface area contributed by atoms with Crippen molar-refractivity contribution in [2.45, 2.75) is 0 Å². The van der Waals surface area contributed by atoms with Gasteiger partial charge in [0.15, 0.2) is 0 Å². The minimum absolute atomic E-state index is 0.145. The van der Waals surface area contributed by atoms with Crippen LogP contribution in [0.2, 0.25) is 0 Å². The van der Waals surface area contributed by atoms with Crippen LogP contribution in [-0.4, -0.2) is 37.7 Å². The van der Waals surface area contributed by atoms with E-state index in [1.807, 2.05) is 71.8 Å². The van der Waals surface area contributed by atoms with Gasteiger partial charge in [-0.1, -0.05) is 17.2 Å². The molecule has 28 heavy (non-hydrogen) atoms. The lowest BCUT2D eigenvalue weighted by molar-refractivity contribution is -0.632. The Labute approximate surface area is 163 Å². The minimum atomic E-state index is -4.42. The molecule has 0 bridgehead atoms. The summed E-state index contributed by atoms with van der Waals surface area (Å²) in [6, 6.07) is 15.4. The first-order valence-electron chi connectivity index (χ1n) is 8.54. The Bertz CT molecular complexity index is 1070. The summed E-state index contributed by atoms with van der Waals surface area (Å²) in [5.74, 6) is 0.727. The van der Waals surface area contributed by atoms with Crippen LogP contribution in [0.5, 0.6) is 0 Å². The Kier molecular flexibility index (Phi) is 5.73. The van der Waals surface area contributed by atoms with Crippen LogP contribution < -0.4 is 9.47 Å². The largest absolute Gasteiger partial charge is 0.422 e. The molecule has 148 valence electrons. The van der Waals surface area contributed by atoms with Gasteiger partial charge in [-0.25, -0.2) is 13.3 Å². The molecule has 10 heteroatoms. The molecule has 0 aliphatic heterocycles. The quantitative estimate of drug-likeness (QED) is 0.371. The second kappa shape index (κ2) is 8.05. The Balaban J connectivity index is 1.71. The van der Waals surface area contributed by atoms with Crippen LogP contribution in [0.15, 0.2) is 58.8 Å². The average Bonchev–Trinajstić information content (AvgIpc) is 2.90. The second-order valence-corrected chi connectivity index (χ2v) is 7.39. The molecule has 0 amide bonds. The van der Waals surface area contributed by atoms with E-state index in [0.717, 1.165) is 22.7 Å². The molecule has 1 heterocycles. The lowest BCUT2D eigenvalue weighted by Gasteiger charge is -2.18. The SMILES string of the molecule is CN(CCOS(=O)(=O)O)c1ccc(N=Nc2n(C)c3ccccc3[n+]2C)cc1. The van der Waals surface area contributed by atoms with Crippen molar-refractivity contribution in [2.24, 2.45) is 24.3 Å². The van der Waals surface area contributed by atoms with Crippen LogP contribution in [0.3, 0.4) is 0 Å². The fraction of sp³-hybridized carbons (Fsp3) is 0.278. The molecule has 0 aliphatic carbocycles. The zero-order valence-electron chi connectivity index (χ0n) is 15.8. The topological polar surface area (TPSA) is 100 Å². The monoisotopic (exact) mass is 404 g/mol. The van der Waals surface area contributed by atoms with Crippen molar-refractivity contribution < 1.29 is 21.7 Å². The fourth-order valence-electron chi connectivity index (χ4n) is 2.89. The van der Waals surface area contributed by atoms with Crippen molar-refractivity contribution in [2.75, 3.05) is 25.1 Å². The maximum atomic E-state index is 10.6. The highest BCUT2D eigenvalue weighted by Crippen LogP contribution is 2.22. The van der Waals surface area contributed by atoms with Crippen LogP contribution in [0.1, 0.15) is 0 Å². The van der Waals surface area contributed by atoms with E-state index in [-0.39, 0.29) is 6.61 Å². The Morgan fingerprint density at radius 2 is 1.82 bits per heavy atom. The summed E-state index contributed by atoms with van der Waals surface area (Å²) < 4.78 is 38.0. The third-order valence-electron chi connectivity index (χ3n) is 4.41. The van der Waals surface area contributed by atoms with E-state index in [1.165, 1.54) is 0 Å². The van der Waals surface area contributed by atoms with Crippen LogP contribution >= 0.6 is 0 Å². The van der Waals surface area contributed by atoms with Crippen LogP contribution in [0, 0.1) is 0 Å². The molecule has 0 atom stereocenters. The van der Waals surface area contributed by atoms with Gasteiger partial charge in [0.25, 0.3) is 0 Å². The number of rotatable bonds is 7. The minimum Gasteiger partial charge on any atom is -0.372 e. The van der Waals surface area contributed by atoms with E-state index in [2.05, 4.69) is 14.4 Å². The summed E-state index contributed by atoms with van der Waals surface area (Å²) in [7, 11) is 1.27. The molecule has 3 aromatic rings. The smallest absolute Gasteiger partial charge is 0.372 e. The number of hydrogen-bond donors (Lipinski definition) is 1. The number of benzene rings is 2. The molecule has 0 saturated heterocycles. The molecule has 0 spiro atoms. The summed E-state index contributed by atoms with van der Waals surface area (Å²) in [4.78, 5) is 1.80. The van der Waals surface area contributed by atoms with E-state index in [9.17, 15) is 8.42 Å². The highest BCUT2D eigenvalue weighted by atomic mass is 32.3. The summed E-state index contributed by atoms with van der Waals surface area (Å²) in [5, 5.41) is 8.70. The van der Waals surface area contributed by atoms with E-state index in [1.54, 1.807) is 11.9 Å². The molecule has 0 fully saturated rings. The zero-order chi connectivity index (χ0) is 20.3. The van der Waals surface area contributed by atoms with Crippen molar-refractivity contribution in [1.29, 1.82) is 0 Å². The predicted octanol–water partition coefficient (Wildman–Crippen LogP) is 2.67. The molecule has 3 rings (SSSR count). The van der Waals surface area contributed by atoms with Crippen molar-refractivity contribution in [3.05, 3.63) is 48.5 Å². The van der Waals surface area contributed by atoms with E-state index < -0.39 is 10.4 Å². The highest BCUT2D eigenvalue weighted by Gasteiger charge is 2.18. The first-order valence-corrected chi connectivity index (χ1v) is 9.91. The number of anilines is 1. The number of aryl methyl sites for hydroxylation is 2. The van der Waals surface area contributed by atoms with Gasteiger partial charge < -0.3 is 4.90 Å². The number of fused-ring (bicyclic) bond motifs is 1. The van der Waals surface area contributed by atoms with E-state index in [4.69, 9.17) is 4.55 Å². The molecule has 2 aromatic carbocycles. The second-order valence-electron chi connectivity index (χ2n) is 6.29. The summed E-state index contributed by atoms with van der Waals surface area (Å²) >= 11 is 0. The third kappa shape index (κ3) is 4.53. The molecule has 0 radical (unpaired) electrons. The summed E-state index contributed by atoms with van der Waals surface area (Å²) in [5.41, 5.74) is 3.69. The van der Waals surface area contributed by atoms with Gasteiger partial charge in [0.1, 0.15) is 16.7 Å². The van der Waals surface area contributed by atoms with Crippen molar-refractivity contribution in [3.8, 4) is 0 Å². The average molecular weight is 404 g/mol. The van der Waals surface area contributed by atoms with Crippen LogP contribution in [0.4, 0.5) is 17.3 Å². The van der Waals surface area contributed by atoms with E-state index in [0.29, 0.717) is 12.2 Å². The van der Waals surface area contributed by atoms with Crippen molar-refractivity contribution in [3.63, 3.8) is 0 Å². The Morgan fingerprint density at radius 3 is 2.46 bits per heavy atom. The molecule has 1 aromatic heterocycles. The number of azo groups is 1. The van der Waals surface area contributed by atoms with Gasteiger partial charge in [-0.05, 0) is 36.4 Å². The molecule has 0 unspecified atom stereocenters. The van der Waals surface area contributed by atoms with Gasteiger partial charge in [-0.15, -0.1) is 0 Å². The van der Waals surface area contributed by atoms with Gasteiger partial charge in [-0.3, -0.25) is 4.55 Å². The number of hydrogen-bond acceptors (Lipinski definition) is 6. The van der Waals surface area contributed by atoms with Gasteiger partial charge in [0.2, 0.25) is 0 Å². The number of para-hydroxylation sites is 2. The van der Waals surface area contributed by atoms with Crippen molar-refractivity contribution >= 4 is 38.8 Å². The maximum Gasteiger partial charge on any atom is 0.422 e. The molecule has 0 aliphatic rings. The fourth-order valence-corrected chi connectivity index (χ4v) is 3.18. The molecule has 9 nitrogen and oxygen atoms in total. The van der Waals surface area contributed by atoms with Gasteiger partial charge in [-0.2, -0.15) is 8.42 Å². The predicted molar refractivity (Wildman–Crippen MR) is 105 cm³/mol. The summed E-state index contributed by atoms with van der Waals surface area (Å²) in [6.45, 7) is 0.154. The van der Waals surface area contributed by atoms with Gasteiger partial charge >= 0.3 is 16.3 Å². The lowest BCUT2D eigenvalue weighted by Crippen LogP contribution is -2.26. The standard InChI is InChI=1S/C18H21N5O4S/c1-21(12-13-27-28(24,25)26)15-10-8-14(9-11-15)19-20-18-22(2)16-6-4-5-7-17(16)23(18)3/h4-11H,12-13H2,1-3H3/p+1. The molecule has 1 N–H and O–H groups in total. The molecule has 0 saturated carbocycles. The first-order chi connectivity index (χ1) is 13.3. The number of aromatic nitrogens is 2. The van der Waals surface area contributed by atoms with Crippen LogP contribution in [-0.2, 0) is 28.7 Å². The first kappa shape index (κ1) is 19.9. The number of likely N-dealkylation sites (N-methyl/N-ethyl adjacent to an activating group) is 1. The van der Waals surface area contributed by atoms with Gasteiger partial charge in [0.05, 0.1) is 20.7 Å².